The molecule has 0 nitrogen and oxygen atoms in total. The lowest BCUT2D eigenvalue weighted by molar-refractivity contribution is 0.826. The predicted octanol–water partition coefficient (Wildman–Crippen LogP) is 17.4. The molecule has 0 spiro atoms. The van der Waals surface area contributed by atoms with Crippen molar-refractivity contribution in [2.45, 2.75) is 6.42 Å². The summed E-state index contributed by atoms with van der Waals surface area (Å²) >= 11 is 0. The van der Waals surface area contributed by atoms with Crippen molar-refractivity contribution in [1.82, 2.24) is 0 Å². The highest BCUT2D eigenvalue weighted by molar-refractivity contribution is 6.41. The second-order valence-corrected chi connectivity index (χ2v) is 18.9. The molecule has 0 heteroatoms. The first-order chi connectivity index (χ1) is 33.8. The molecule has 0 N–H and O–H groups in total. The minimum Gasteiger partial charge on any atom is -0.0795 e. The summed E-state index contributed by atoms with van der Waals surface area (Å²) < 4.78 is 0. The Morgan fingerprint density at radius 1 is 0.353 bits per heavy atom. The fourth-order valence-electron chi connectivity index (χ4n) is 12.6. The number of allylic oxidation sites excluding steroid dienone is 20. The van der Waals surface area contributed by atoms with E-state index in [0.717, 1.165) is 6.42 Å². The van der Waals surface area contributed by atoms with E-state index in [9.17, 15) is 0 Å². The van der Waals surface area contributed by atoms with Gasteiger partial charge in [-0.2, -0.15) is 0 Å². The van der Waals surface area contributed by atoms with Crippen molar-refractivity contribution in [2.24, 2.45) is 5.92 Å². The SMILES string of the molecule is C1=CC2=C3C(=CC=C4C=CC(C5=C6C(c7ccccc7)=C(c7ccccc7)C(c7ccc8ccc9cccc%10ccc7c8c9%10)=C6c6cc(-c7ccccc7)c(-c7ccccc7)cc65)=C(C=C2)C43)C1. The zero-order valence-electron chi connectivity index (χ0n) is 37.3. The first-order valence-electron chi connectivity index (χ1n) is 24.0. The molecule has 314 valence electrons. The number of benzene rings is 9. The van der Waals surface area contributed by atoms with Gasteiger partial charge in [-0.3, -0.25) is 0 Å². The Hall–Kier alpha value is -8.58. The van der Waals surface area contributed by atoms with Crippen LogP contribution < -0.4 is 0 Å². The fourth-order valence-corrected chi connectivity index (χ4v) is 12.6. The summed E-state index contributed by atoms with van der Waals surface area (Å²) in [6.07, 6.45) is 20.1. The molecule has 0 aromatic heterocycles. The van der Waals surface area contributed by atoms with Gasteiger partial charge in [0, 0.05) is 5.92 Å². The van der Waals surface area contributed by atoms with Crippen LogP contribution in [0.4, 0.5) is 0 Å². The van der Waals surface area contributed by atoms with Crippen molar-refractivity contribution >= 4 is 60.2 Å². The largest absolute Gasteiger partial charge is 0.0795 e. The molecule has 9 aromatic rings. The molecular weight excluding hydrogens is 817 g/mol. The zero-order chi connectivity index (χ0) is 44.5. The van der Waals surface area contributed by atoms with Crippen LogP contribution in [0.1, 0.15) is 34.2 Å². The fraction of sp³-hybridized carbons (Fsp3) is 0.0294. The minimum absolute atomic E-state index is 0.179. The maximum atomic E-state index is 2.55. The average molecular weight is 859 g/mol. The molecule has 15 rings (SSSR count). The van der Waals surface area contributed by atoms with Crippen LogP contribution >= 0.6 is 0 Å². The van der Waals surface area contributed by atoms with E-state index >= 15 is 0 Å². The van der Waals surface area contributed by atoms with Gasteiger partial charge in [-0.15, -0.1) is 0 Å². The number of rotatable bonds is 6. The van der Waals surface area contributed by atoms with E-state index < -0.39 is 0 Å². The third-order valence-corrected chi connectivity index (χ3v) is 15.5. The Balaban J connectivity index is 1.14. The normalized spacial score (nSPS) is 17.8. The van der Waals surface area contributed by atoms with Gasteiger partial charge >= 0.3 is 0 Å². The van der Waals surface area contributed by atoms with Gasteiger partial charge in [-0.25, -0.2) is 0 Å². The summed E-state index contributed by atoms with van der Waals surface area (Å²) in [5.41, 5.74) is 27.3. The maximum Gasteiger partial charge on any atom is 0.0354 e. The first kappa shape index (κ1) is 37.6. The standard InChI is InChI=1S/C68H42/c1-5-15-41(16-6-1)55-39-57-58(40-56(55)42-17-7-2-8-18-42)67-66(54-38-34-50-30-28-46-24-14-26-48-32-36-52(54)62(50)60(46)48)63(43-19-9-3-10-20-43)64(44-21-11-4-12-22-44)68(67)65(57)53-37-33-49-29-27-45-23-13-25-47-31-35-51(53)61(49)59(45)47/h1-22,24-40,61H,23H2. The Morgan fingerprint density at radius 3 is 1.57 bits per heavy atom. The van der Waals surface area contributed by atoms with E-state index in [4.69, 9.17) is 0 Å². The molecule has 0 saturated heterocycles. The van der Waals surface area contributed by atoms with Crippen LogP contribution in [0.15, 0.2) is 276 Å². The molecule has 68 heavy (non-hydrogen) atoms. The van der Waals surface area contributed by atoms with Gasteiger partial charge in [0.05, 0.1) is 0 Å². The zero-order valence-corrected chi connectivity index (χ0v) is 37.3. The van der Waals surface area contributed by atoms with Crippen molar-refractivity contribution in [1.29, 1.82) is 0 Å². The lowest BCUT2D eigenvalue weighted by atomic mass is 9.66. The van der Waals surface area contributed by atoms with Crippen LogP contribution in [0.3, 0.4) is 0 Å². The summed E-state index contributed by atoms with van der Waals surface area (Å²) in [4.78, 5) is 0. The molecule has 0 heterocycles. The highest BCUT2D eigenvalue weighted by Gasteiger charge is 2.44. The third-order valence-electron chi connectivity index (χ3n) is 15.5. The number of hydrogen-bond acceptors (Lipinski definition) is 0. The van der Waals surface area contributed by atoms with Gasteiger partial charge in [-0.1, -0.05) is 225 Å². The Bertz CT molecular complexity index is 4000. The Labute approximate surface area is 396 Å². The van der Waals surface area contributed by atoms with Crippen LogP contribution in [-0.4, -0.2) is 0 Å². The van der Waals surface area contributed by atoms with Gasteiger partial charge < -0.3 is 0 Å². The highest BCUT2D eigenvalue weighted by Crippen LogP contribution is 2.64. The van der Waals surface area contributed by atoms with Crippen LogP contribution in [0.5, 0.6) is 0 Å². The number of fused-ring (bicyclic) bond motifs is 3. The number of hydrogen-bond donors (Lipinski definition) is 0. The van der Waals surface area contributed by atoms with Crippen molar-refractivity contribution < 1.29 is 0 Å². The molecule has 6 aliphatic carbocycles. The van der Waals surface area contributed by atoms with Crippen LogP contribution in [0, 0.1) is 5.92 Å². The molecule has 1 unspecified atom stereocenters. The summed E-state index contributed by atoms with van der Waals surface area (Å²) in [7, 11) is 0. The molecule has 0 radical (unpaired) electrons. The second kappa shape index (κ2) is 14.5. The topological polar surface area (TPSA) is 0 Å². The van der Waals surface area contributed by atoms with Gasteiger partial charge in [0.1, 0.15) is 0 Å². The van der Waals surface area contributed by atoms with Crippen molar-refractivity contribution in [2.75, 3.05) is 0 Å². The van der Waals surface area contributed by atoms with Crippen molar-refractivity contribution in [3.63, 3.8) is 0 Å². The second-order valence-electron chi connectivity index (χ2n) is 18.9. The molecule has 6 aliphatic rings. The monoisotopic (exact) mass is 858 g/mol. The average Bonchev–Trinajstić information content (AvgIpc) is 3.92. The van der Waals surface area contributed by atoms with E-state index in [0.29, 0.717) is 0 Å². The molecule has 0 fully saturated rings. The smallest absolute Gasteiger partial charge is 0.0354 e. The van der Waals surface area contributed by atoms with Gasteiger partial charge in [-0.05, 0) is 168 Å². The highest BCUT2D eigenvalue weighted by atomic mass is 14.5. The molecule has 0 saturated carbocycles. The predicted molar refractivity (Wildman–Crippen MR) is 287 cm³/mol. The van der Waals surface area contributed by atoms with E-state index in [1.165, 1.54) is 149 Å². The van der Waals surface area contributed by atoms with Crippen LogP contribution in [0.25, 0.3) is 82.4 Å². The van der Waals surface area contributed by atoms with Crippen LogP contribution in [0.2, 0.25) is 0 Å². The molecule has 0 bridgehead atoms. The molecule has 0 amide bonds. The quantitative estimate of drug-likeness (QED) is 0.146. The van der Waals surface area contributed by atoms with Gasteiger partial charge in [0.15, 0.2) is 0 Å². The molecule has 9 aromatic carbocycles. The van der Waals surface area contributed by atoms with Gasteiger partial charge in [0.25, 0.3) is 0 Å². The lowest BCUT2D eigenvalue weighted by Crippen LogP contribution is -2.22. The first-order valence-corrected chi connectivity index (χ1v) is 24.0. The maximum absolute atomic E-state index is 2.55. The minimum atomic E-state index is 0.179. The summed E-state index contributed by atoms with van der Waals surface area (Å²) in [5, 5.41) is 7.78. The summed E-state index contributed by atoms with van der Waals surface area (Å²) in [6.45, 7) is 0. The van der Waals surface area contributed by atoms with E-state index in [2.05, 4.69) is 237 Å². The van der Waals surface area contributed by atoms with E-state index in [1.54, 1.807) is 0 Å². The molecule has 1 atom stereocenters. The molecule has 0 aliphatic heterocycles. The Kier molecular flexibility index (Phi) is 8.00. The Morgan fingerprint density at radius 2 is 0.912 bits per heavy atom. The van der Waals surface area contributed by atoms with Crippen molar-refractivity contribution in [3.8, 4) is 22.3 Å². The van der Waals surface area contributed by atoms with Crippen molar-refractivity contribution in [3.05, 3.63) is 303 Å². The van der Waals surface area contributed by atoms with Gasteiger partial charge in [0.2, 0.25) is 0 Å². The summed E-state index contributed by atoms with van der Waals surface area (Å²) in [6, 6.07) is 70.5. The van der Waals surface area contributed by atoms with Crippen LogP contribution in [-0.2, 0) is 0 Å². The van der Waals surface area contributed by atoms with E-state index in [-0.39, 0.29) is 5.92 Å². The lowest BCUT2D eigenvalue weighted by Gasteiger charge is -2.37. The third kappa shape index (κ3) is 5.32. The summed E-state index contributed by atoms with van der Waals surface area (Å²) in [5.74, 6) is 0.179. The van der Waals surface area contributed by atoms with E-state index in [1.807, 2.05) is 0 Å². The molecular formula is C68H42.